The summed E-state index contributed by atoms with van der Waals surface area (Å²) in [6.45, 7) is 4.84. The number of amides is 1. The van der Waals surface area contributed by atoms with E-state index in [0.29, 0.717) is 30.4 Å². The Hall–Kier alpha value is -2.38. The van der Waals surface area contributed by atoms with E-state index in [2.05, 4.69) is 12.2 Å². The average Bonchev–Trinajstić information content (AvgIpc) is 2.69. The molecule has 1 N–H and O–H groups in total. The molecule has 2 unspecified atom stereocenters. The topological polar surface area (TPSA) is 75.7 Å². The fourth-order valence-corrected chi connectivity index (χ4v) is 4.82. The molecule has 1 fully saturated rings. The molecule has 0 radical (unpaired) electrons. The Balaban J connectivity index is 1.63. The molecule has 2 aromatic carbocycles. The van der Waals surface area contributed by atoms with E-state index in [-0.39, 0.29) is 10.8 Å². The van der Waals surface area contributed by atoms with Crippen molar-refractivity contribution >= 4 is 21.6 Å². The minimum atomic E-state index is -3.50. The van der Waals surface area contributed by atoms with Gasteiger partial charge in [0, 0.05) is 18.8 Å². The van der Waals surface area contributed by atoms with Crippen LogP contribution in [0.25, 0.3) is 0 Å². The van der Waals surface area contributed by atoms with Crippen LogP contribution in [0.1, 0.15) is 26.7 Å². The lowest BCUT2D eigenvalue weighted by Gasteiger charge is -2.30. The molecule has 28 heavy (non-hydrogen) atoms. The van der Waals surface area contributed by atoms with Crippen LogP contribution in [0.4, 0.5) is 5.69 Å². The molecular formula is C21H26N2O4S. The lowest BCUT2D eigenvalue weighted by molar-refractivity contribution is -0.122. The van der Waals surface area contributed by atoms with Gasteiger partial charge in [0.25, 0.3) is 5.91 Å². The first-order chi connectivity index (χ1) is 13.4. The standard InChI is InChI=1S/C21H26N2O4S/c1-16-7-6-14-23(15-16)28(25,26)20-12-10-18(11-13-20)22-21(24)17(2)27-19-8-4-3-5-9-19/h3-5,8-13,16-17H,6-7,14-15H2,1-2H3,(H,22,24). The van der Waals surface area contributed by atoms with Crippen LogP contribution < -0.4 is 10.1 Å². The summed E-state index contributed by atoms with van der Waals surface area (Å²) in [5, 5.41) is 2.75. The number of nitrogens with zero attached hydrogens (tertiary/aromatic N) is 1. The second kappa shape index (κ2) is 8.75. The summed E-state index contributed by atoms with van der Waals surface area (Å²) in [5.74, 6) is 0.680. The van der Waals surface area contributed by atoms with Crippen LogP contribution in [0.15, 0.2) is 59.5 Å². The van der Waals surface area contributed by atoms with Gasteiger partial charge in [-0.1, -0.05) is 25.1 Å². The number of piperidine rings is 1. The molecule has 150 valence electrons. The smallest absolute Gasteiger partial charge is 0.265 e. The van der Waals surface area contributed by atoms with Crippen molar-refractivity contribution in [2.24, 2.45) is 5.92 Å². The molecule has 1 saturated heterocycles. The molecule has 0 spiro atoms. The SMILES string of the molecule is CC1CCCN(S(=O)(=O)c2ccc(NC(=O)C(C)Oc3ccccc3)cc2)C1. The Labute approximate surface area is 166 Å². The van der Waals surface area contributed by atoms with E-state index in [1.165, 1.54) is 12.1 Å². The van der Waals surface area contributed by atoms with Gasteiger partial charge in [0.1, 0.15) is 5.75 Å². The van der Waals surface area contributed by atoms with E-state index in [9.17, 15) is 13.2 Å². The number of nitrogens with one attached hydrogen (secondary N) is 1. The maximum absolute atomic E-state index is 12.8. The van der Waals surface area contributed by atoms with Gasteiger partial charge in [0.05, 0.1) is 4.90 Å². The molecule has 7 heteroatoms. The van der Waals surface area contributed by atoms with Gasteiger partial charge in [-0.15, -0.1) is 0 Å². The van der Waals surface area contributed by atoms with Crippen molar-refractivity contribution in [1.29, 1.82) is 0 Å². The second-order valence-corrected chi connectivity index (χ2v) is 9.14. The average molecular weight is 403 g/mol. The van der Waals surface area contributed by atoms with E-state index in [1.807, 2.05) is 18.2 Å². The second-order valence-electron chi connectivity index (χ2n) is 7.20. The Kier molecular flexibility index (Phi) is 6.36. The highest BCUT2D eigenvalue weighted by Gasteiger charge is 2.28. The van der Waals surface area contributed by atoms with E-state index in [1.54, 1.807) is 35.5 Å². The van der Waals surface area contributed by atoms with Crippen LogP contribution in [0, 0.1) is 5.92 Å². The molecule has 1 aliphatic heterocycles. The zero-order valence-corrected chi connectivity index (χ0v) is 17.0. The number of hydrogen-bond acceptors (Lipinski definition) is 4. The fraction of sp³-hybridized carbons (Fsp3) is 0.381. The highest BCUT2D eigenvalue weighted by Crippen LogP contribution is 2.24. The van der Waals surface area contributed by atoms with Crippen LogP contribution in [0.5, 0.6) is 5.75 Å². The van der Waals surface area contributed by atoms with Gasteiger partial charge < -0.3 is 10.1 Å². The summed E-state index contributed by atoms with van der Waals surface area (Å²) < 4.78 is 32.7. The lowest BCUT2D eigenvalue weighted by Crippen LogP contribution is -2.39. The summed E-state index contributed by atoms with van der Waals surface area (Å²) in [4.78, 5) is 12.6. The number of para-hydroxylation sites is 1. The monoisotopic (exact) mass is 402 g/mol. The van der Waals surface area contributed by atoms with Gasteiger partial charge in [0.2, 0.25) is 10.0 Å². The van der Waals surface area contributed by atoms with E-state index < -0.39 is 16.1 Å². The Bertz CT molecular complexity index is 898. The van der Waals surface area contributed by atoms with Crippen molar-refractivity contribution in [2.75, 3.05) is 18.4 Å². The van der Waals surface area contributed by atoms with Crippen LogP contribution >= 0.6 is 0 Å². The molecule has 3 rings (SSSR count). The molecule has 0 aliphatic carbocycles. The quantitative estimate of drug-likeness (QED) is 0.802. The lowest BCUT2D eigenvalue weighted by atomic mass is 10.0. The van der Waals surface area contributed by atoms with E-state index in [0.717, 1.165) is 12.8 Å². The number of sulfonamides is 1. The number of hydrogen-bond donors (Lipinski definition) is 1. The van der Waals surface area contributed by atoms with Crippen molar-refractivity contribution in [3.63, 3.8) is 0 Å². The first-order valence-electron chi connectivity index (χ1n) is 9.49. The van der Waals surface area contributed by atoms with Crippen molar-refractivity contribution in [2.45, 2.75) is 37.7 Å². The third kappa shape index (κ3) is 4.91. The first kappa shape index (κ1) is 20.4. The predicted molar refractivity (Wildman–Crippen MR) is 109 cm³/mol. The zero-order chi connectivity index (χ0) is 20.1. The molecule has 0 bridgehead atoms. The molecule has 0 aromatic heterocycles. The predicted octanol–water partition coefficient (Wildman–Crippen LogP) is 3.51. The third-order valence-corrected chi connectivity index (χ3v) is 6.68. The molecule has 2 aromatic rings. The summed E-state index contributed by atoms with van der Waals surface area (Å²) in [6, 6.07) is 15.4. The van der Waals surface area contributed by atoms with Gasteiger partial charge in [-0.25, -0.2) is 8.42 Å². The highest BCUT2D eigenvalue weighted by atomic mass is 32.2. The van der Waals surface area contributed by atoms with Crippen LogP contribution in [-0.2, 0) is 14.8 Å². The molecule has 0 saturated carbocycles. The number of carbonyl (C=O) groups is 1. The molecule has 2 atom stereocenters. The first-order valence-corrected chi connectivity index (χ1v) is 10.9. The number of benzene rings is 2. The Morgan fingerprint density at radius 3 is 2.46 bits per heavy atom. The highest BCUT2D eigenvalue weighted by molar-refractivity contribution is 7.89. The van der Waals surface area contributed by atoms with Crippen LogP contribution in [0.3, 0.4) is 0 Å². The maximum Gasteiger partial charge on any atom is 0.265 e. The molecule has 1 amide bonds. The zero-order valence-electron chi connectivity index (χ0n) is 16.2. The van der Waals surface area contributed by atoms with Crippen LogP contribution in [-0.4, -0.2) is 37.8 Å². The number of rotatable bonds is 6. The van der Waals surface area contributed by atoms with Gasteiger partial charge in [-0.05, 0) is 62.1 Å². The van der Waals surface area contributed by atoms with Gasteiger partial charge in [-0.2, -0.15) is 4.31 Å². The largest absolute Gasteiger partial charge is 0.481 e. The van der Waals surface area contributed by atoms with E-state index >= 15 is 0 Å². The van der Waals surface area contributed by atoms with Crippen LogP contribution in [0.2, 0.25) is 0 Å². The summed E-state index contributed by atoms with van der Waals surface area (Å²) >= 11 is 0. The minimum Gasteiger partial charge on any atom is -0.481 e. The normalized spacial score (nSPS) is 19.0. The third-order valence-electron chi connectivity index (χ3n) is 4.80. The summed E-state index contributed by atoms with van der Waals surface area (Å²) in [7, 11) is -3.50. The van der Waals surface area contributed by atoms with Crippen molar-refractivity contribution in [1.82, 2.24) is 4.31 Å². The maximum atomic E-state index is 12.8. The number of carbonyl (C=O) groups excluding carboxylic acids is 1. The number of anilines is 1. The van der Waals surface area contributed by atoms with Gasteiger partial charge in [0.15, 0.2) is 6.10 Å². The van der Waals surface area contributed by atoms with E-state index in [4.69, 9.17) is 4.74 Å². The Morgan fingerprint density at radius 2 is 1.82 bits per heavy atom. The fourth-order valence-electron chi connectivity index (χ4n) is 3.22. The molecular weight excluding hydrogens is 376 g/mol. The minimum absolute atomic E-state index is 0.244. The molecule has 6 nitrogen and oxygen atoms in total. The summed E-state index contributed by atoms with van der Waals surface area (Å²) in [6.07, 6.45) is 1.26. The molecule has 1 heterocycles. The van der Waals surface area contributed by atoms with Crippen molar-refractivity contribution < 1.29 is 17.9 Å². The van der Waals surface area contributed by atoms with Gasteiger partial charge in [-0.3, -0.25) is 4.79 Å². The van der Waals surface area contributed by atoms with Crippen molar-refractivity contribution in [3.05, 3.63) is 54.6 Å². The molecule has 1 aliphatic rings. The summed E-state index contributed by atoms with van der Waals surface area (Å²) in [5.41, 5.74) is 0.527. The van der Waals surface area contributed by atoms with Crippen molar-refractivity contribution in [3.8, 4) is 5.75 Å². The van der Waals surface area contributed by atoms with Gasteiger partial charge >= 0.3 is 0 Å². The Morgan fingerprint density at radius 1 is 1.14 bits per heavy atom. The number of ether oxygens (including phenoxy) is 1.